The molecule has 1 aliphatic carbocycles. The molecule has 110 valence electrons. The first-order chi connectivity index (χ1) is 10.1. The molecule has 0 radical (unpaired) electrons. The van der Waals surface area contributed by atoms with Crippen molar-refractivity contribution in [1.29, 1.82) is 0 Å². The van der Waals surface area contributed by atoms with Crippen LogP contribution in [0.1, 0.15) is 37.8 Å². The van der Waals surface area contributed by atoms with Crippen molar-refractivity contribution in [3.8, 4) is 0 Å². The van der Waals surface area contributed by atoms with Gasteiger partial charge in [-0.05, 0) is 31.9 Å². The standard InChI is InChI=1S/C16H19N3O2/c1-11-9-13-14(10-17-11)16(19(20)21)8-7-15(13)18-12-5-3-2-4-6-12/h7-10,12,18H,2-6H2,1H3. The van der Waals surface area contributed by atoms with Crippen LogP contribution >= 0.6 is 0 Å². The molecule has 0 bridgehead atoms. The fourth-order valence-corrected chi connectivity index (χ4v) is 3.08. The number of non-ortho nitro benzene ring substituents is 1. The number of aromatic nitrogens is 1. The molecule has 5 heteroatoms. The van der Waals surface area contributed by atoms with Crippen LogP contribution in [0.25, 0.3) is 10.8 Å². The van der Waals surface area contributed by atoms with Gasteiger partial charge in [-0.1, -0.05) is 19.3 Å². The molecule has 2 aromatic rings. The third-order valence-electron chi connectivity index (χ3n) is 4.18. The Labute approximate surface area is 123 Å². The SMILES string of the molecule is Cc1cc2c(NC3CCCCC3)ccc([N+](=O)[O-])c2cn1. The van der Waals surface area contributed by atoms with Crippen LogP contribution in [-0.4, -0.2) is 15.9 Å². The maximum atomic E-state index is 11.2. The summed E-state index contributed by atoms with van der Waals surface area (Å²) in [6.45, 7) is 1.91. The average Bonchev–Trinajstić information content (AvgIpc) is 2.48. The van der Waals surface area contributed by atoms with Gasteiger partial charge in [0.05, 0.1) is 10.3 Å². The van der Waals surface area contributed by atoms with Crippen molar-refractivity contribution in [3.63, 3.8) is 0 Å². The smallest absolute Gasteiger partial charge is 0.278 e. The number of aryl methyl sites for hydroxylation is 1. The second kappa shape index (κ2) is 5.68. The summed E-state index contributed by atoms with van der Waals surface area (Å²) in [5.74, 6) is 0. The second-order valence-electron chi connectivity index (χ2n) is 5.74. The zero-order chi connectivity index (χ0) is 14.8. The molecular formula is C16H19N3O2. The number of nitro benzene ring substituents is 1. The van der Waals surface area contributed by atoms with Gasteiger partial charge in [0.2, 0.25) is 0 Å². The lowest BCUT2D eigenvalue weighted by molar-refractivity contribution is -0.383. The van der Waals surface area contributed by atoms with E-state index in [-0.39, 0.29) is 10.6 Å². The van der Waals surface area contributed by atoms with Crippen LogP contribution in [0.5, 0.6) is 0 Å². The van der Waals surface area contributed by atoms with E-state index in [9.17, 15) is 10.1 Å². The van der Waals surface area contributed by atoms with Crippen LogP contribution < -0.4 is 5.32 Å². The minimum absolute atomic E-state index is 0.117. The normalized spacial score (nSPS) is 16.0. The third kappa shape index (κ3) is 2.82. The van der Waals surface area contributed by atoms with Gasteiger partial charge in [-0.15, -0.1) is 0 Å². The van der Waals surface area contributed by atoms with Crippen LogP contribution in [0.15, 0.2) is 24.4 Å². The van der Waals surface area contributed by atoms with E-state index >= 15 is 0 Å². The summed E-state index contributed by atoms with van der Waals surface area (Å²) in [6.07, 6.45) is 7.76. The lowest BCUT2D eigenvalue weighted by atomic mass is 9.95. The zero-order valence-electron chi connectivity index (χ0n) is 12.1. The Morgan fingerprint density at radius 3 is 2.71 bits per heavy atom. The molecule has 1 heterocycles. The van der Waals surface area contributed by atoms with Gasteiger partial charge in [-0.25, -0.2) is 0 Å². The molecule has 3 rings (SSSR count). The third-order valence-corrected chi connectivity index (χ3v) is 4.18. The van der Waals surface area contributed by atoms with Crippen LogP contribution in [0.2, 0.25) is 0 Å². The summed E-state index contributed by atoms with van der Waals surface area (Å²) in [4.78, 5) is 15.0. The van der Waals surface area contributed by atoms with E-state index in [4.69, 9.17) is 0 Å². The van der Waals surface area contributed by atoms with E-state index in [2.05, 4.69) is 10.3 Å². The summed E-state index contributed by atoms with van der Waals surface area (Å²) in [7, 11) is 0. The van der Waals surface area contributed by atoms with Crippen molar-refractivity contribution >= 4 is 22.1 Å². The van der Waals surface area contributed by atoms with Gasteiger partial charge in [0.15, 0.2) is 0 Å². The van der Waals surface area contributed by atoms with Crippen LogP contribution in [0, 0.1) is 17.0 Å². The largest absolute Gasteiger partial charge is 0.382 e. The quantitative estimate of drug-likeness (QED) is 0.678. The van der Waals surface area contributed by atoms with Crippen LogP contribution in [0.3, 0.4) is 0 Å². The van der Waals surface area contributed by atoms with E-state index in [1.165, 1.54) is 32.1 Å². The highest BCUT2D eigenvalue weighted by Crippen LogP contribution is 2.33. The van der Waals surface area contributed by atoms with Gasteiger partial charge in [0.25, 0.3) is 5.69 Å². The predicted molar refractivity (Wildman–Crippen MR) is 83.6 cm³/mol. The maximum Gasteiger partial charge on any atom is 0.278 e. The number of hydrogen-bond acceptors (Lipinski definition) is 4. The molecule has 1 N–H and O–H groups in total. The summed E-state index contributed by atoms with van der Waals surface area (Å²) in [6, 6.07) is 5.80. The van der Waals surface area contributed by atoms with Crippen molar-refractivity contribution in [2.45, 2.75) is 45.1 Å². The maximum absolute atomic E-state index is 11.2. The second-order valence-corrected chi connectivity index (χ2v) is 5.74. The minimum atomic E-state index is -0.344. The van der Waals surface area contributed by atoms with Gasteiger partial charge in [-0.2, -0.15) is 0 Å². The Morgan fingerprint density at radius 1 is 1.24 bits per heavy atom. The summed E-state index contributed by atoms with van der Waals surface area (Å²) < 4.78 is 0. The first kappa shape index (κ1) is 13.8. The monoisotopic (exact) mass is 285 g/mol. The highest BCUT2D eigenvalue weighted by atomic mass is 16.6. The molecule has 5 nitrogen and oxygen atoms in total. The van der Waals surface area contributed by atoms with Crippen molar-refractivity contribution < 1.29 is 4.92 Å². The minimum Gasteiger partial charge on any atom is -0.382 e. The number of nitrogens with one attached hydrogen (secondary N) is 1. The Bertz CT molecular complexity index is 679. The Morgan fingerprint density at radius 2 is 2.00 bits per heavy atom. The number of fused-ring (bicyclic) bond motifs is 1. The number of benzene rings is 1. The predicted octanol–water partition coefficient (Wildman–Crippen LogP) is 4.20. The molecule has 0 atom stereocenters. The molecular weight excluding hydrogens is 266 g/mol. The first-order valence-corrected chi connectivity index (χ1v) is 7.45. The highest BCUT2D eigenvalue weighted by molar-refractivity contribution is 5.99. The number of hydrogen-bond donors (Lipinski definition) is 1. The summed E-state index contributed by atoms with van der Waals surface area (Å²) >= 11 is 0. The number of anilines is 1. The first-order valence-electron chi connectivity index (χ1n) is 7.45. The fourth-order valence-electron chi connectivity index (χ4n) is 3.08. The van der Waals surface area contributed by atoms with E-state index < -0.39 is 0 Å². The molecule has 21 heavy (non-hydrogen) atoms. The van der Waals surface area contributed by atoms with Gasteiger partial charge < -0.3 is 5.32 Å². The van der Waals surface area contributed by atoms with Gasteiger partial charge in [-0.3, -0.25) is 15.1 Å². The number of nitro groups is 1. The molecule has 1 aromatic carbocycles. The molecule has 0 aliphatic heterocycles. The summed E-state index contributed by atoms with van der Waals surface area (Å²) in [5.41, 5.74) is 1.97. The number of rotatable bonds is 3. The van der Waals surface area contributed by atoms with Gasteiger partial charge in [0.1, 0.15) is 0 Å². The lowest BCUT2D eigenvalue weighted by Gasteiger charge is -2.24. The van der Waals surface area contributed by atoms with E-state index in [0.29, 0.717) is 11.4 Å². The molecule has 1 aliphatic rings. The van der Waals surface area contributed by atoms with Crippen LogP contribution in [-0.2, 0) is 0 Å². The van der Waals surface area contributed by atoms with E-state index in [0.717, 1.165) is 16.8 Å². The van der Waals surface area contributed by atoms with E-state index in [1.807, 2.05) is 19.1 Å². The molecule has 1 saturated carbocycles. The molecule has 1 fully saturated rings. The molecule has 0 saturated heterocycles. The Hall–Kier alpha value is -2.17. The van der Waals surface area contributed by atoms with Crippen molar-refractivity contribution in [1.82, 2.24) is 4.98 Å². The zero-order valence-corrected chi connectivity index (χ0v) is 12.1. The molecule has 0 spiro atoms. The Balaban J connectivity index is 2.03. The van der Waals surface area contributed by atoms with Crippen molar-refractivity contribution in [2.75, 3.05) is 5.32 Å². The fraction of sp³-hybridized carbons (Fsp3) is 0.438. The van der Waals surface area contributed by atoms with Crippen LogP contribution in [0.4, 0.5) is 11.4 Å². The lowest BCUT2D eigenvalue weighted by Crippen LogP contribution is -2.22. The highest BCUT2D eigenvalue weighted by Gasteiger charge is 2.18. The molecule has 1 aromatic heterocycles. The van der Waals surface area contributed by atoms with Gasteiger partial charge in [0, 0.05) is 35.1 Å². The van der Waals surface area contributed by atoms with Gasteiger partial charge >= 0.3 is 0 Å². The number of nitrogens with zero attached hydrogens (tertiary/aromatic N) is 2. The molecule has 0 amide bonds. The van der Waals surface area contributed by atoms with E-state index in [1.54, 1.807) is 12.3 Å². The number of pyridine rings is 1. The average molecular weight is 285 g/mol. The van der Waals surface area contributed by atoms with Crippen molar-refractivity contribution in [3.05, 3.63) is 40.2 Å². The topological polar surface area (TPSA) is 68.1 Å². The summed E-state index contributed by atoms with van der Waals surface area (Å²) in [5, 5.41) is 16.2. The van der Waals surface area contributed by atoms with Crippen molar-refractivity contribution in [2.24, 2.45) is 0 Å². The Kier molecular flexibility index (Phi) is 3.73. The molecule has 0 unspecified atom stereocenters.